The average Bonchev–Trinajstić information content (AvgIpc) is 2.68. The van der Waals surface area contributed by atoms with Gasteiger partial charge in [-0.3, -0.25) is 0 Å². The smallest absolute Gasteiger partial charge is 0.117 e. The Hall–Kier alpha value is -1.33. The Kier molecular flexibility index (Phi) is 2.64. The zero-order valence-electron chi connectivity index (χ0n) is 9.15. The number of nitrogens with one attached hydrogen (secondary N) is 1. The maximum Gasteiger partial charge on any atom is 0.117 e. The van der Waals surface area contributed by atoms with Gasteiger partial charge in [-0.25, -0.2) is 4.68 Å². The zero-order chi connectivity index (χ0) is 11.8. The molecule has 0 saturated heterocycles. The minimum Gasteiger partial charge on any atom is -0.508 e. The molecule has 2 heterocycles. The second kappa shape index (κ2) is 4.16. The molecule has 0 spiro atoms. The summed E-state index contributed by atoms with van der Waals surface area (Å²) in [5.41, 5.74) is 3.20. The van der Waals surface area contributed by atoms with Crippen LogP contribution in [-0.4, -0.2) is 21.4 Å². The summed E-state index contributed by atoms with van der Waals surface area (Å²) >= 11 is 3.59. The Morgan fingerprint density at radius 2 is 2.29 bits per heavy atom. The molecule has 0 aliphatic carbocycles. The molecular weight excluding hydrogens is 282 g/mol. The summed E-state index contributed by atoms with van der Waals surface area (Å²) in [6.07, 6.45) is 0.981. The van der Waals surface area contributed by atoms with Crippen LogP contribution < -0.4 is 5.32 Å². The third-order valence-corrected chi connectivity index (χ3v) is 3.74. The van der Waals surface area contributed by atoms with Gasteiger partial charge in [-0.2, -0.15) is 5.10 Å². The van der Waals surface area contributed by atoms with Crippen LogP contribution in [0.15, 0.2) is 28.9 Å². The van der Waals surface area contributed by atoms with E-state index in [0.717, 1.165) is 35.5 Å². The summed E-state index contributed by atoms with van der Waals surface area (Å²) in [5, 5.41) is 17.4. The molecule has 0 bridgehead atoms. The van der Waals surface area contributed by atoms with Crippen molar-refractivity contribution in [1.82, 2.24) is 15.1 Å². The van der Waals surface area contributed by atoms with Gasteiger partial charge in [-0.1, -0.05) is 6.07 Å². The second-order valence-corrected chi connectivity index (χ2v) is 4.83. The van der Waals surface area contributed by atoms with E-state index in [1.54, 1.807) is 12.1 Å². The number of phenols is 1. The van der Waals surface area contributed by atoms with Crippen molar-refractivity contribution in [2.75, 3.05) is 6.54 Å². The number of halogens is 1. The fourth-order valence-electron chi connectivity index (χ4n) is 2.08. The number of rotatable bonds is 1. The van der Waals surface area contributed by atoms with Gasteiger partial charge >= 0.3 is 0 Å². The highest BCUT2D eigenvalue weighted by Gasteiger charge is 2.19. The number of aromatic hydroxyl groups is 1. The quantitative estimate of drug-likeness (QED) is 0.845. The molecule has 0 radical (unpaired) electrons. The first-order valence-electron chi connectivity index (χ1n) is 5.52. The van der Waals surface area contributed by atoms with Crippen LogP contribution in [-0.2, 0) is 13.0 Å². The van der Waals surface area contributed by atoms with E-state index in [1.165, 1.54) is 5.56 Å². The number of aromatic nitrogens is 2. The highest BCUT2D eigenvalue weighted by molar-refractivity contribution is 9.10. The first kappa shape index (κ1) is 10.8. The van der Waals surface area contributed by atoms with Crippen molar-refractivity contribution in [1.29, 1.82) is 0 Å². The Morgan fingerprint density at radius 3 is 3.06 bits per heavy atom. The van der Waals surface area contributed by atoms with Crippen LogP contribution in [0.3, 0.4) is 0 Å². The van der Waals surface area contributed by atoms with Crippen molar-refractivity contribution in [2.45, 2.75) is 13.0 Å². The maximum absolute atomic E-state index is 9.50. The van der Waals surface area contributed by atoms with Crippen LogP contribution in [0.5, 0.6) is 5.75 Å². The van der Waals surface area contributed by atoms with Crippen LogP contribution in [0.4, 0.5) is 0 Å². The standard InChI is InChI=1S/C12H12BrN3O/c13-12-10-4-5-14-7-11(10)15-16(12)8-2-1-3-9(17)6-8/h1-3,6,14,17H,4-5,7H2. The van der Waals surface area contributed by atoms with E-state index in [1.807, 2.05) is 16.8 Å². The molecule has 0 atom stereocenters. The number of phenolic OH excluding ortho intramolecular Hbond substituents is 1. The number of hydrogen-bond acceptors (Lipinski definition) is 3. The summed E-state index contributed by atoms with van der Waals surface area (Å²) < 4.78 is 2.82. The summed E-state index contributed by atoms with van der Waals surface area (Å²) in [4.78, 5) is 0. The van der Waals surface area contributed by atoms with Gasteiger partial charge in [0.05, 0.1) is 11.4 Å². The van der Waals surface area contributed by atoms with Crippen molar-refractivity contribution in [3.8, 4) is 11.4 Å². The predicted octanol–water partition coefficient (Wildman–Crippen LogP) is 1.99. The Bertz CT molecular complexity index is 565. The average molecular weight is 294 g/mol. The molecule has 0 saturated carbocycles. The fourth-order valence-corrected chi connectivity index (χ4v) is 2.79. The lowest BCUT2D eigenvalue weighted by Crippen LogP contribution is -2.23. The molecule has 4 nitrogen and oxygen atoms in total. The number of hydrogen-bond donors (Lipinski definition) is 2. The normalized spacial score (nSPS) is 14.6. The lowest BCUT2D eigenvalue weighted by molar-refractivity contribution is 0.474. The highest BCUT2D eigenvalue weighted by atomic mass is 79.9. The van der Waals surface area contributed by atoms with Gasteiger partial charge < -0.3 is 10.4 Å². The molecule has 1 aromatic carbocycles. The molecule has 1 aliphatic heterocycles. The molecule has 17 heavy (non-hydrogen) atoms. The largest absolute Gasteiger partial charge is 0.508 e. The van der Waals surface area contributed by atoms with E-state index in [2.05, 4.69) is 26.3 Å². The SMILES string of the molecule is Oc1cccc(-n2nc3c(c2Br)CCNC3)c1. The Morgan fingerprint density at radius 1 is 1.41 bits per heavy atom. The third kappa shape index (κ3) is 1.85. The van der Waals surface area contributed by atoms with E-state index < -0.39 is 0 Å². The summed E-state index contributed by atoms with van der Waals surface area (Å²) in [6.45, 7) is 1.79. The van der Waals surface area contributed by atoms with Gasteiger partial charge in [0.2, 0.25) is 0 Å². The van der Waals surface area contributed by atoms with Crippen molar-refractivity contribution in [2.24, 2.45) is 0 Å². The van der Waals surface area contributed by atoms with E-state index in [-0.39, 0.29) is 5.75 Å². The molecule has 1 aliphatic rings. The van der Waals surface area contributed by atoms with E-state index in [0.29, 0.717) is 0 Å². The predicted molar refractivity (Wildman–Crippen MR) is 68.3 cm³/mol. The van der Waals surface area contributed by atoms with Gasteiger partial charge in [-0.05, 0) is 41.0 Å². The molecule has 88 valence electrons. The van der Waals surface area contributed by atoms with Gasteiger partial charge in [0.1, 0.15) is 10.4 Å². The minimum absolute atomic E-state index is 0.251. The molecule has 2 aromatic rings. The lowest BCUT2D eigenvalue weighted by atomic mass is 10.1. The molecule has 0 unspecified atom stereocenters. The first-order chi connectivity index (χ1) is 8.25. The summed E-state index contributed by atoms with van der Waals surface area (Å²) in [5.74, 6) is 0.251. The molecule has 5 heteroatoms. The zero-order valence-corrected chi connectivity index (χ0v) is 10.7. The number of benzene rings is 1. The van der Waals surface area contributed by atoms with E-state index in [9.17, 15) is 5.11 Å². The molecule has 1 aromatic heterocycles. The monoisotopic (exact) mass is 293 g/mol. The third-order valence-electron chi connectivity index (χ3n) is 2.92. The van der Waals surface area contributed by atoms with Crippen LogP contribution >= 0.6 is 15.9 Å². The number of fused-ring (bicyclic) bond motifs is 1. The number of nitrogens with zero attached hydrogens (tertiary/aromatic N) is 2. The van der Waals surface area contributed by atoms with Crippen molar-refractivity contribution in [3.63, 3.8) is 0 Å². The molecule has 0 amide bonds. The Balaban J connectivity index is 2.12. The van der Waals surface area contributed by atoms with E-state index in [4.69, 9.17) is 0 Å². The Labute approximate surface area is 107 Å². The van der Waals surface area contributed by atoms with E-state index >= 15 is 0 Å². The van der Waals surface area contributed by atoms with Crippen LogP contribution in [0.25, 0.3) is 5.69 Å². The topological polar surface area (TPSA) is 50.1 Å². The first-order valence-corrected chi connectivity index (χ1v) is 6.31. The van der Waals surface area contributed by atoms with Crippen molar-refractivity contribution < 1.29 is 5.11 Å². The van der Waals surface area contributed by atoms with Gasteiger partial charge in [-0.15, -0.1) is 0 Å². The second-order valence-electron chi connectivity index (χ2n) is 4.07. The molecule has 0 fully saturated rings. The van der Waals surface area contributed by atoms with Gasteiger partial charge in [0, 0.05) is 18.2 Å². The van der Waals surface area contributed by atoms with Crippen LogP contribution in [0, 0.1) is 0 Å². The maximum atomic E-state index is 9.50. The molecular formula is C12H12BrN3O. The van der Waals surface area contributed by atoms with Crippen LogP contribution in [0.1, 0.15) is 11.3 Å². The van der Waals surface area contributed by atoms with Gasteiger partial charge in [0.15, 0.2) is 0 Å². The highest BCUT2D eigenvalue weighted by Crippen LogP contribution is 2.27. The molecule has 3 rings (SSSR count). The fraction of sp³-hybridized carbons (Fsp3) is 0.250. The summed E-state index contributed by atoms with van der Waals surface area (Å²) in [7, 11) is 0. The molecule has 2 N–H and O–H groups in total. The van der Waals surface area contributed by atoms with Crippen molar-refractivity contribution in [3.05, 3.63) is 40.1 Å². The lowest BCUT2D eigenvalue weighted by Gasteiger charge is -2.10. The minimum atomic E-state index is 0.251. The van der Waals surface area contributed by atoms with Crippen molar-refractivity contribution >= 4 is 15.9 Å². The summed E-state index contributed by atoms with van der Waals surface area (Å²) in [6, 6.07) is 7.10. The van der Waals surface area contributed by atoms with Crippen LogP contribution in [0.2, 0.25) is 0 Å². The van der Waals surface area contributed by atoms with Gasteiger partial charge in [0.25, 0.3) is 0 Å².